The number of nitrogens with one attached hydrogen (secondary N) is 1. The third-order valence-corrected chi connectivity index (χ3v) is 3.31. The highest BCUT2D eigenvalue weighted by atomic mass is 16.5. The van der Waals surface area contributed by atoms with Gasteiger partial charge in [-0.25, -0.2) is 9.97 Å². The SMILES string of the molecule is CC(C)Nc1ncc(-c2cnccn2)c([C@H]2CCCO2)n1. The zero-order valence-corrected chi connectivity index (χ0v) is 12.3. The van der Waals surface area contributed by atoms with Crippen LogP contribution in [-0.2, 0) is 4.74 Å². The average molecular weight is 285 g/mol. The van der Waals surface area contributed by atoms with Crippen LogP contribution in [0.5, 0.6) is 0 Å². The summed E-state index contributed by atoms with van der Waals surface area (Å²) in [6, 6.07) is 0.282. The van der Waals surface area contributed by atoms with Crippen molar-refractivity contribution in [2.45, 2.75) is 38.8 Å². The fraction of sp³-hybridized carbons (Fsp3) is 0.467. The van der Waals surface area contributed by atoms with E-state index in [4.69, 9.17) is 4.74 Å². The molecule has 1 fully saturated rings. The summed E-state index contributed by atoms with van der Waals surface area (Å²) in [6.45, 7) is 4.90. The molecule has 0 saturated carbocycles. The van der Waals surface area contributed by atoms with E-state index in [-0.39, 0.29) is 12.1 Å². The van der Waals surface area contributed by atoms with Crippen molar-refractivity contribution in [2.75, 3.05) is 11.9 Å². The van der Waals surface area contributed by atoms with Crippen molar-refractivity contribution in [3.63, 3.8) is 0 Å². The Morgan fingerprint density at radius 3 is 2.81 bits per heavy atom. The molecule has 1 saturated heterocycles. The van der Waals surface area contributed by atoms with Crippen molar-refractivity contribution in [3.05, 3.63) is 30.5 Å². The van der Waals surface area contributed by atoms with Crippen molar-refractivity contribution in [2.24, 2.45) is 0 Å². The highest BCUT2D eigenvalue weighted by Crippen LogP contribution is 2.33. The largest absolute Gasteiger partial charge is 0.372 e. The lowest BCUT2D eigenvalue weighted by molar-refractivity contribution is 0.109. The van der Waals surface area contributed by atoms with Gasteiger partial charge in [-0.1, -0.05) is 0 Å². The molecule has 0 aromatic carbocycles. The standard InChI is InChI=1S/C15H19N5O/c1-10(2)19-15-18-8-11(12-9-16-5-6-17-12)14(20-15)13-4-3-7-21-13/h5-6,8-10,13H,3-4,7H2,1-2H3,(H,18,19,20)/t13-/m1/s1. The minimum Gasteiger partial charge on any atom is -0.372 e. The van der Waals surface area contributed by atoms with E-state index >= 15 is 0 Å². The average Bonchev–Trinajstić information content (AvgIpc) is 3.01. The van der Waals surface area contributed by atoms with Gasteiger partial charge in [0.25, 0.3) is 0 Å². The Kier molecular flexibility index (Phi) is 4.06. The van der Waals surface area contributed by atoms with E-state index in [0.717, 1.165) is 36.4 Å². The van der Waals surface area contributed by atoms with E-state index in [1.165, 1.54) is 0 Å². The second-order valence-corrected chi connectivity index (χ2v) is 5.38. The number of ether oxygens (including phenoxy) is 1. The Balaban J connectivity index is 2.02. The molecule has 1 N–H and O–H groups in total. The summed E-state index contributed by atoms with van der Waals surface area (Å²) < 4.78 is 5.79. The van der Waals surface area contributed by atoms with Crippen LogP contribution in [0.15, 0.2) is 24.8 Å². The molecule has 0 radical (unpaired) electrons. The molecule has 0 bridgehead atoms. The maximum absolute atomic E-state index is 5.79. The van der Waals surface area contributed by atoms with Gasteiger partial charge in [-0.2, -0.15) is 0 Å². The monoisotopic (exact) mass is 285 g/mol. The molecular weight excluding hydrogens is 266 g/mol. The van der Waals surface area contributed by atoms with E-state index in [0.29, 0.717) is 5.95 Å². The second-order valence-electron chi connectivity index (χ2n) is 5.38. The first kappa shape index (κ1) is 13.9. The molecule has 0 amide bonds. The molecule has 1 aliphatic rings. The summed E-state index contributed by atoms with van der Waals surface area (Å²) >= 11 is 0. The Morgan fingerprint density at radius 2 is 2.14 bits per heavy atom. The number of nitrogens with zero attached hydrogens (tertiary/aromatic N) is 4. The Labute approximate surface area is 124 Å². The Hall–Kier alpha value is -2.08. The van der Waals surface area contributed by atoms with Crippen LogP contribution >= 0.6 is 0 Å². The maximum Gasteiger partial charge on any atom is 0.223 e. The lowest BCUT2D eigenvalue weighted by Gasteiger charge is -2.16. The first-order valence-electron chi connectivity index (χ1n) is 7.25. The predicted molar refractivity (Wildman–Crippen MR) is 79.7 cm³/mol. The number of hydrogen-bond donors (Lipinski definition) is 1. The third-order valence-electron chi connectivity index (χ3n) is 3.31. The van der Waals surface area contributed by atoms with Crippen LogP contribution < -0.4 is 5.32 Å². The molecule has 6 nitrogen and oxygen atoms in total. The lowest BCUT2D eigenvalue weighted by atomic mass is 10.1. The third kappa shape index (κ3) is 3.16. The molecule has 0 spiro atoms. The van der Waals surface area contributed by atoms with Gasteiger partial charge >= 0.3 is 0 Å². The van der Waals surface area contributed by atoms with Gasteiger partial charge in [0.2, 0.25) is 5.95 Å². The van der Waals surface area contributed by atoms with Crippen LogP contribution in [0.3, 0.4) is 0 Å². The van der Waals surface area contributed by atoms with Gasteiger partial charge in [-0.3, -0.25) is 9.97 Å². The molecule has 2 aromatic rings. The summed E-state index contributed by atoms with van der Waals surface area (Å²) in [6.07, 6.45) is 8.91. The second kappa shape index (κ2) is 6.13. The first-order chi connectivity index (χ1) is 10.2. The van der Waals surface area contributed by atoms with Crippen molar-refractivity contribution in [1.29, 1.82) is 0 Å². The molecular formula is C15H19N5O. The molecule has 3 heterocycles. The van der Waals surface area contributed by atoms with Gasteiger partial charge in [-0.15, -0.1) is 0 Å². The summed E-state index contributed by atoms with van der Waals surface area (Å²) in [5.41, 5.74) is 2.56. The topological polar surface area (TPSA) is 72.8 Å². The van der Waals surface area contributed by atoms with Gasteiger partial charge in [0.15, 0.2) is 0 Å². The van der Waals surface area contributed by atoms with Gasteiger partial charge in [0, 0.05) is 36.8 Å². The molecule has 1 aliphatic heterocycles. The van der Waals surface area contributed by atoms with E-state index in [2.05, 4.69) is 39.1 Å². The normalized spacial score (nSPS) is 18.1. The van der Waals surface area contributed by atoms with Crippen LogP contribution in [-0.4, -0.2) is 32.6 Å². The first-order valence-corrected chi connectivity index (χ1v) is 7.25. The molecule has 2 aromatic heterocycles. The van der Waals surface area contributed by atoms with E-state index in [9.17, 15) is 0 Å². The van der Waals surface area contributed by atoms with E-state index in [1.807, 2.05) is 0 Å². The fourth-order valence-corrected chi connectivity index (χ4v) is 2.40. The van der Waals surface area contributed by atoms with E-state index < -0.39 is 0 Å². The molecule has 3 rings (SSSR count). The van der Waals surface area contributed by atoms with Crippen molar-refractivity contribution in [3.8, 4) is 11.3 Å². The Morgan fingerprint density at radius 1 is 1.24 bits per heavy atom. The minimum absolute atomic E-state index is 0.0118. The zero-order chi connectivity index (χ0) is 14.7. The summed E-state index contributed by atoms with van der Waals surface area (Å²) in [5, 5.41) is 3.23. The summed E-state index contributed by atoms with van der Waals surface area (Å²) in [5.74, 6) is 0.628. The number of aromatic nitrogens is 4. The van der Waals surface area contributed by atoms with Crippen LogP contribution in [0, 0.1) is 0 Å². The highest BCUT2D eigenvalue weighted by molar-refractivity contribution is 5.61. The number of rotatable bonds is 4. The smallest absolute Gasteiger partial charge is 0.223 e. The van der Waals surface area contributed by atoms with Gasteiger partial charge in [-0.05, 0) is 26.7 Å². The van der Waals surface area contributed by atoms with Crippen molar-refractivity contribution in [1.82, 2.24) is 19.9 Å². The summed E-state index contributed by atoms with van der Waals surface area (Å²) in [4.78, 5) is 17.5. The minimum atomic E-state index is 0.0118. The fourth-order valence-electron chi connectivity index (χ4n) is 2.40. The van der Waals surface area contributed by atoms with Crippen LogP contribution in [0.1, 0.15) is 38.5 Å². The van der Waals surface area contributed by atoms with Gasteiger partial charge in [0.1, 0.15) is 6.10 Å². The number of anilines is 1. The van der Waals surface area contributed by atoms with Crippen LogP contribution in [0.4, 0.5) is 5.95 Å². The van der Waals surface area contributed by atoms with E-state index in [1.54, 1.807) is 24.8 Å². The van der Waals surface area contributed by atoms with Gasteiger partial charge in [0.05, 0.1) is 17.6 Å². The quantitative estimate of drug-likeness (QED) is 0.931. The van der Waals surface area contributed by atoms with Crippen LogP contribution in [0.2, 0.25) is 0 Å². The maximum atomic E-state index is 5.79. The van der Waals surface area contributed by atoms with Crippen LogP contribution in [0.25, 0.3) is 11.3 Å². The molecule has 110 valence electrons. The molecule has 1 atom stereocenters. The molecule has 21 heavy (non-hydrogen) atoms. The molecule has 0 unspecified atom stereocenters. The van der Waals surface area contributed by atoms with Gasteiger partial charge < -0.3 is 10.1 Å². The van der Waals surface area contributed by atoms with Crippen molar-refractivity contribution >= 4 is 5.95 Å². The lowest BCUT2D eigenvalue weighted by Crippen LogP contribution is -2.14. The Bertz CT molecular complexity index is 596. The highest BCUT2D eigenvalue weighted by Gasteiger charge is 2.24. The number of hydrogen-bond acceptors (Lipinski definition) is 6. The zero-order valence-electron chi connectivity index (χ0n) is 12.3. The van der Waals surface area contributed by atoms with Crippen molar-refractivity contribution < 1.29 is 4.74 Å². The summed E-state index contributed by atoms with van der Waals surface area (Å²) in [7, 11) is 0. The molecule has 6 heteroatoms. The predicted octanol–water partition coefficient (Wildman–Crippen LogP) is 2.61. The molecule has 0 aliphatic carbocycles.